The maximum absolute atomic E-state index is 13.7. The Morgan fingerprint density at radius 3 is 2.65 bits per heavy atom. The van der Waals surface area contributed by atoms with E-state index in [2.05, 4.69) is 29.1 Å². The van der Waals surface area contributed by atoms with Crippen LogP contribution in [0.25, 0.3) is 0 Å². The standard InChI is InChI=1S/C16H20FN3/c1-3-9-18-15-11-13(4-2)19-16(20-15)10-12-7-5-6-8-14(12)17/h5-8,11H,3-4,9-10H2,1-2H3,(H,18,19,20). The molecule has 0 saturated heterocycles. The average molecular weight is 273 g/mol. The highest BCUT2D eigenvalue weighted by Gasteiger charge is 2.07. The van der Waals surface area contributed by atoms with Gasteiger partial charge in [0.1, 0.15) is 17.5 Å². The number of hydrogen-bond acceptors (Lipinski definition) is 3. The highest BCUT2D eigenvalue weighted by Crippen LogP contribution is 2.14. The van der Waals surface area contributed by atoms with E-state index in [1.54, 1.807) is 12.1 Å². The zero-order valence-corrected chi connectivity index (χ0v) is 12.0. The van der Waals surface area contributed by atoms with Crippen LogP contribution in [0, 0.1) is 5.82 Å². The molecule has 0 bridgehead atoms. The van der Waals surface area contributed by atoms with E-state index in [9.17, 15) is 4.39 Å². The van der Waals surface area contributed by atoms with Crippen molar-refractivity contribution < 1.29 is 4.39 Å². The molecular formula is C16H20FN3. The van der Waals surface area contributed by atoms with Gasteiger partial charge in [0.05, 0.1) is 0 Å². The SMILES string of the molecule is CCCNc1cc(CC)nc(Cc2ccccc2F)n1. The second kappa shape index (κ2) is 6.98. The van der Waals surface area contributed by atoms with Gasteiger partial charge in [0, 0.05) is 24.7 Å². The third-order valence-electron chi connectivity index (χ3n) is 3.05. The van der Waals surface area contributed by atoms with Crippen molar-refractivity contribution in [1.29, 1.82) is 0 Å². The normalized spacial score (nSPS) is 10.6. The van der Waals surface area contributed by atoms with E-state index < -0.39 is 0 Å². The van der Waals surface area contributed by atoms with Gasteiger partial charge in [0.15, 0.2) is 0 Å². The number of nitrogens with one attached hydrogen (secondary N) is 1. The highest BCUT2D eigenvalue weighted by atomic mass is 19.1. The molecule has 1 aromatic heterocycles. The molecule has 0 aliphatic carbocycles. The lowest BCUT2D eigenvalue weighted by Gasteiger charge is -2.09. The molecule has 1 N–H and O–H groups in total. The van der Waals surface area contributed by atoms with E-state index in [0.29, 0.717) is 17.8 Å². The molecular weight excluding hydrogens is 253 g/mol. The lowest BCUT2D eigenvalue weighted by Crippen LogP contribution is -2.08. The lowest BCUT2D eigenvalue weighted by atomic mass is 10.1. The number of nitrogens with zero attached hydrogens (tertiary/aromatic N) is 2. The maximum atomic E-state index is 13.7. The summed E-state index contributed by atoms with van der Waals surface area (Å²) in [6.07, 6.45) is 2.29. The Bertz CT molecular complexity index is 569. The van der Waals surface area contributed by atoms with Crippen LogP contribution in [0.3, 0.4) is 0 Å². The third kappa shape index (κ3) is 3.76. The fourth-order valence-electron chi connectivity index (χ4n) is 1.97. The molecule has 3 nitrogen and oxygen atoms in total. The molecule has 0 saturated carbocycles. The van der Waals surface area contributed by atoms with E-state index in [0.717, 1.165) is 30.9 Å². The zero-order chi connectivity index (χ0) is 14.4. The third-order valence-corrected chi connectivity index (χ3v) is 3.05. The summed E-state index contributed by atoms with van der Waals surface area (Å²) in [5.41, 5.74) is 1.60. The summed E-state index contributed by atoms with van der Waals surface area (Å²) in [5.74, 6) is 1.28. The van der Waals surface area contributed by atoms with Gasteiger partial charge in [0.2, 0.25) is 0 Å². The fraction of sp³-hybridized carbons (Fsp3) is 0.375. The first-order valence-corrected chi connectivity index (χ1v) is 7.07. The van der Waals surface area contributed by atoms with Crippen LogP contribution in [-0.2, 0) is 12.8 Å². The van der Waals surface area contributed by atoms with Crippen molar-refractivity contribution in [3.05, 3.63) is 53.2 Å². The molecule has 1 aromatic carbocycles. The van der Waals surface area contributed by atoms with Crippen LogP contribution >= 0.6 is 0 Å². The molecule has 20 heavy (non-hydrogen) atoms. The minimum absolute atomic E-state index is 0.207. The van der Waals surface area contributed by atoms with Crippen molar-refractivity contribution in [2.75, 3.05) is 11.9 Å². The monoisotopic (exact) mass is 273 g/mol. The van der Waals surface area contributed by atoms with Gasteiger partial charge >= 0.3 is 0 Å². The van der Waals surface area contributed by atoms with Crippen LogP contribution in [0.4, 0.5) is 10.2 Å². The van der Waals surface area contributed by atoms with Crippen molar-refractivity contribution in [3.8, 4) is 0 Å². The molecule has 0 spiro atoms. The van der Waals surface area contributed by atoms with Crippen molar-refractivity contribution in [1.82, 2.24) is 9.97 Å². The Morgan fingerprint density at radius 2 is 1.95 bits per heavy atom. The van der Waals surface area contributed by atoms with Gasteiger partial charge < -0.3 is 5.32 Å². The quantitative estimate of drug-likeness (QED) is 0.874. The molecule has 0 radical (unpaired) electrons. The van der Waals surface area contributed by atoms with E-state index >= 15 is 0 Å². The highest BCUT2D eigenvalue weighted by molar-refractivity contribution is 5.37. The van der Waals surface area contributed by atoms with Crippen molar-refractivity contribution >= 4 is 5.82 Å². The summed E-state index contributed by atoms with van der Waals surface area (Å²) in [5, 5.41) is 3.26. The van der Waals surface area contributed by atoms with E-state index in [1.807, 2.05) is 12.1 Å². The van der Waals surface area contributed by atoms with Crippen LogP contribution < -0.4 is 5.32 Å². The van der Waals surface area contributed by atoms with Crippen LogP contribution in [-0.4, -0.2) is 16.5 Å². The maximum Gasteiger partial charge on any atom is 0.135 e. The lowest BCUT2D eigenvalue weighted by molar-refractivity contribution is 0.612. The Kier molecular flexibility index (Phi) is 5.04. The van der Waals surface area contributed by atoms with E-state index in [1.165, 1.54) is 6.07 Å². The van der Waals surface area contributed by atoms with Crippen LogP contribution in [0.15, 0.2) is 30.3 Å². The molecule has 106 valence electrons. The second-order valence-corrected chi connectivity index (χ2v) is 4.71. The van der Waals surface area contributed by atoms with Gasteiger partial charge in [-0.3, -0.25) is 0 Å². The van der Waals surface area contributed by atoms with E-state index in [-0.39, 0.29) is 5.82 Å². The fourth-order valence-corrected chi connectivity index (χ4v) is 1.97. The second-order valence-electron chi connectivity index (χ2n) is 4.71. The summed E-state index contributed by atoms with van der Waals surface area (Å²) in [6.45, 7) is 5.04. The summed E-state index contributed by atoms with van der Waals surface area (Å²) >= 11 is 0. The van der Waals surface area contributed by atoms with Crippen molar-refractivity contribution in [3.63, 3.8) is 0 Å². The number of anilines is 1. The summed E-state index contributed by atoms with van der Waals surface area (Å²) in [4.78, 5) is 8.94. The zero-order valence-electron chi connectivity index (χ0n) is 12.0. The number of rotatable bonds is 6. The number of hydrogen-bond donors (Lipinski definition) is 1. The first kappa shape index (κ1) is 14.4. The molecule has 2 aromatic rings. The molecule has 2 rings (SSSR count). The summed E-state index contributed by atoms with van der Waals surface area (Å²) in [6, 6.07) is 8.72. The number of benzene rings is 1. The Morgan fingerprint density at radius 1 is 1.15 bits per heavy atom. The molecule has 0 aliphatic rings. The van der Waals surface area contributed by atoms with Gasteiger partial charge in [-0.25, -0.2) is 14.4 Å². The molecule has 1 heterocycles. The first-order chi connectivity index (χ1) is 9.72. The van der Waals surface area contributed by atoms with Crippen LogP contribution in [0.2, 0.25) is 0 Å². The van der Waals surface area contributed by atoms with Gasteiger partial charge in [-0.05, 0) is 24.5 Å². The Balaban J connectivity index is 2.24. The Hall–Kier alpha value is -1.97. The van der Waals surface area contributed by atoms with Crippen LogP contribution in [0.1, 0.15) is 37.4 Å². The van der Waals surface area contributed by atoms with E-state index in [4.69, 9.17) is 0 Å². The molecule has 0 amide bonds. The van der Waals surface area contributed by atoms with Crippen molar-refractivity contribution in [2.45, 2.75) is 33.1 Å². The predicted octanol–water partition coefficient (Wildman–Crippen LogP) is 3.59. The van der Waals surface area contributed by atoms with Gasteiger partial charge in [-0.1, -0.05) is 32.0 Å². The number of aromatic nitrogens is 2. The molecule has 0 unspecified atom stereocenters. The smallest absolute Gasteiger partial charge is 0.135 e. The molecule has 0 aliphatic heterocycles. The number of halogens is 1. The average Bonchev–Trinajstić information content (AvgIpc) is 2.47. The van der Waals surface area contributed by atoms with Gasteiger partial charge in [0.25, 0.3) is 0 Å². The number of aryl methyl sites for hydroxylation is 1. The molecule has 0 fully saturated rings. The summed E-state index contributed by atoms with van der Waals surface area (Å²) in [7, 11) is 0. The largest absolute Gasteiger partial charge is 0.370 e. The minimum atomic E-state index is -0.207. The van der Waals surface area contributed by atoms with Gasteiger partial charge in [-0.15, -0.1) is 0 Å². The Labute approximate surface area is 119 Å². The molecule has 4 heteroatoms. The van der Waals surface area contributed by atoms with Crippen molar-refractivity contribution in [2.24, 2.45) is 0 Å². The topological polar surface area (TPSA) is 37.8 Å². The first-order valence-electron chi connectivity index (χ1n) is 7.07. The molecule has 0 atom stereocenters. The minimum Gasteiger partial charge on any atom is -0.370 e. The van der Waals surface area contributed by atoms with Gasteiger partial charge in [-0.2, -0.15) is 0 Å². The predicted molar refractivity (Wildman–Crippen MR) is 79.4 cm³/mol. The van der Waals surface area contributed by atoms with Crippen LogP contribution in [0.5, 0.6) is 0 Å². The summed E-state index contributed by atoms with van der Waals surface area (Å²) < 4.78 is 13.7.